The van der Waals surface area contributed by atoms with Gasteiger partial charge in [0.1, 0.15) is 17.8 Å². The molecular weight excluding hydrogens is 484 g/mol. The lowest BCUT2D eigenvalue weighted by Gasteiger charge is -2.22. The van der Waals surface area contributed by atoms with Gasteiger partial charge in [-0.15, -0.1) is 5.10 Å². The fourth-order valence-corrected chi connectivity index (χ4v) is 4.31. The Kier molecular flexibility index (Phi) is 6.12. The van der Waals surface area contributed by atoms with Crippen LogP contribution in [0, 0.1) is 28.1 Å². The minimum absolute atomic E-state index is 0.0516. The molecule has 0 unspecified atom stereocenters. The van der Waals surface area contributed by atoms with Gasteiger partial charge in [0.25, 0.3) is 0 Å². The molecule has 1 saturated carbocycles. The molecule has 2 N–H and O–H groups in total. The summed E-state index contributed by atoms with van der Waals surface area (Å²) in [6, 6.07) is 13.7. The maximum atomic E-state index is 9.99. The summed E-state index contributed by atoms with van der Waals surface area (Å²) in [5.41, 5.74) is 3.08. The minimum Gasteiger partial charge on any atom is -0.383 e. The summed E-state index contributed by atoms with van der Waals surface area (Å²) >= 11 is 6.59. The average Bonchev–Trinajstić information content (AvgIpc) is 3.61. The molecule has 1 fully saturated rings. The van der Waals surface area contributed by atoms with E-state index in [-0.39, 0.29) is 5.41 Å². The maximum absolute atomic E-state index is 9.99. The molecule has 1 atom stereocenters. The molecule has 0 aliphatic heterocycles. The van der Waals surface area contributed by atoms with E-state index >= 15 is 0 Å². The van der Waals surface area contributed by atoms with Crippen molar-refractivity contribution in [1.82, 2.24) is 20.0 Å². The molecule has 2 heterocycles. The normalized spacial score (nSPS) is 15.4. The third-order valence-corrected chi connectivity index (χ3v) is 6.44. The zero-order chi connectivity index (χ0) is 27.1. The number of nitriles is 2. The first kappa shape index (κ1) is 23.3. The summed E-state index contributed by atoms with van der Waals surface area (Å²) in [6.45, 7) is 6.88. The predicted molar refractivity (Wildman–Crippen MR) is 144 cm³/mol. The molecule has 2 aromatic carbocycles. The number of aromatic nitrogens is 4. The number of anilines is 2. The second-order valence-electron chi connectivity index (χ2n) is 10.4. The number of fused-ring (bicyclic) bond motifs is 1. The maximum Gasteiger partial charge on any atom is 0.110 e. The first-order valence-corrected chi connectivity index (χ1v) is 12.5. The van der Waals surface area contributed by atoms with Crippen molar-refractivity contribution in [3.63, 3.8) is 0 Å². The number of hydrogen-bond donors (Lipinski definition) is 2. The molecule has 0 spiro atoms. The number of halogens is 1. The van der Waals surface area contributed by atoms with Gasteiger partial charge in [0.05, 0.1) is 42.0 Å². The first-order valence-electron chi connectivity index (χ1n) is 12.6. The van der Waals surface area contributed by atoms with E-state index in [0.717, 1.165) is 12.8 Å². The highest BCUT2D eigenvalue weighted by molar-refractivity contribution is 6.31. The van der Waals surface area contributed by atoms with Gasteiger partial charge in [-0.2, -0.15) is 10.5 Å². The number of nitrogens with one attached hydrogen (secondary N) is 2. The molecule has 0 saturated heterocycles. The van der Waals surface area contributed by atoms with Gasteiger partial charge in [-0.05, 0) is 42.0 Å². The van der Waals surface area contributed by atoms with Crippen LogP contribution in [-0.4, -0.2) is 26.5 Å². The quantitative estimate of drug-likeness (QED) is 0.302. The van der Waals surface area contributed by atoms with Crippen molar-refractivity contribution in [2.45, 2.75) is 45.7 Å². The van der Waals surface area contributed by atoms with E-state index < -0.39 is 6.02 Å². The molecule has 5 rings (SSSR count). The van der Waals surface area contributed by atoms with Crippen LogP contribution < -0.4 is 10.6 Å². The van der Waals surface area contributed by atoms with Gasteiger partial charge in [0.2, 0.25) is 0 Å². The third kappa shape index (κ3) is 5.21. The zero-order valence-corrected chi connectivity index (χ0v) is 21.6. The number of benzene rings is 2. The van der Waals surface area contributed by atoms with Crippen LogP contribution in [0.3, 0.4) is 0 Å². The van der Waals surface area contributed by atoms with Crippen molar-refractivity contribution >= 4 is 33.9 Å². The standard InChI is InChI=1S/C28H27ClN8/c1-28(2,3)16-33-26-18(13-31)14-32-25-17(12-30)10-19(11-22(25)26)34-27(21-6-4-5-7-23(21)29)24-15-37(36-35-24)20-8-9-20/h4-7,10-11,14-15,20,27,34H,8-9,16H2,1-3H3,(H,32,33)/t27-/m0/s1/i27D. The SMILES string of the molecule is [2H][C@@](Nc1cc(C#N)c2ncc(C#N)c(NCC(C)(C)C)c2c1)(c1cn(C2CC2)nn1)c1ccccc1Cl. The monoisotopic (exact) mass is 511 g/mol. The molecule has 2 aromatic heterocycles. The van der Waals surface area contributed by atoms with E-state index in [9.17, 15) is 11.9 Å². The van der Waals surface area contributed by atoms with Crippen LogP contribution in [0.4, 0.5) is 11.4 Å². The molecular formula is C28H27ClN8. The van der Waals surface area contributed by atoms with E-state index in [1.807, 2.05) is 6.07 Å². The second kappa shape index (κ2) is 9.72. The number of rotatable bonds is 7. The molecule has 1 aliphatic rings. The fourth-order valence-electron chi connectivity index (χ4n) is 4.08. The fraction of sp³-hybridized carbons (Fsp3) is 0.321. The lowest BCUT2D eigenvalue weighted by Crippen LogP contribution is -2.20. The second-order valence-corrected chi connectivity index (χ2v) is 10.8. The van der Waals surface area contributed by atoms with Gasteiger partial charge >= 0.3 is 0 Å². The lowest BCUT2D eigenvalue weighted by molar-refractivity contribution is 0.443. The minimum atomic E-state index is -1.61. The summed E-state index contributed by atoms with van der Waals surface area (Å²) in [5.74, 6) is 0. The van der Waals surface area contributed by atoms with Gasteiger partial charge < -0.3 is 10.6 Å². The van der Waals surface area contributed by atoms with Crippen LogP contribution in [0.1, 0.15) is 69.4 Å². The zero-order valence-electron chi connectivity index (χ0n) is 21.9. The molecule has 0 bridgehead atoms. The highest BCUT2D eigenvalue weighted by Gasteiger charge is 2.28. The van der Waals surface area contributed by atoms with Crippen LogP contribution in [0.25, 0.3) is 10.9 Å². The summed E-state index contributed by atoms with van der Waals surface area (Å²) in [4.78, 5) is 4.42. The van der Waals surface area contributed by atoms with Crippen molar-refractivity contribution in [1.29, 1.82) is 10.5 Å². The summed E-state index contributed by atoms with van der Waals surface area (Å²) < 4.78 is 11.4. The molecule has 8 nitrogen and oxygen atoms in total. The molecule has 186 valence electrons. The van der Waals surface area contributed by atoms with Crippen molar-refractivity contribution in [3.05, 3.63) is 76.2 Å². The first-order chi connectivity index (χ1) is 18.1. The lowest BCUT2D eigenvalue weighted by atomic mass is 9.96. The summed E-state index contributed by atoms with van der Waals surface area (Å²) in [6.07, 6.45) is 5.32. The van der Waals surface area contributed by atoms with Crippen molar-refractivity contribution in [3.8, 4) is 12.1 Å². The highest BCUT2D eigenvalue weighted by Crippen LogP contribution is 2.37. The smallest absolute Gasteiger partial charge is 0.110 e. The van der Waals surface area contributed by atoms with E-state index in [4.69, 9.17) is 11.6 Å². The molecule has 4 aromatic rings. The molecule has 0 amide bonds. The Morgan fingerprint density at radius 2 is 1.95 bits per heavy atom. The van der Waals surface area contributed by atoms with E-state index in [1.54, 1.807) is 41.2 Å². The predicted octanol–water partition coefficient (Wildman–Crippen LogP) is 6.22. The topological polar surface area (TPSA) is 115 Å². The highest BCUT2D eigenvalue weighted by atomic mass is 35.5. The summed E-state index contributed by atoms with van der Waals surface area (Å²) in [5, 5.41) is 36.1. The Balaban J connectivity index is 1.67. The van der Waals surface area contributed by atoms with E-state index in [0.29, 0.717) is 62.3 Å². The molecule has 9 heteroatoms. The number of hydrogen-bond acceptors (Lipinski definition) is 7. The molecule has 1 aliphatic carbocycles. The Morgan fingerprint density at radius 1 is 1.19 bits per heavy atom. The van der Waals surface area contributed by atoms with Crippen LogP contribution in [0.15, 0.2) is 48.8 Å². The van der Waals surface area contributed by atoms with Crippen LogP contribution in [0.2, 0.25) is 5.02 Å². The Morgan fingerprint density at radius 3 is 2.62 bits per heavy atom. The van der Waals surface area contributed by atoms with E-state index in [2.05, 4.69) is 58.8 Å². The van der Waals surface area contributed by atoms with E-state index in [1.165, 1.54) is 6.20 Å². The molecule has 0 radical (unpaired) electrons. The average molecular weight is 512 g/mol. The van der Waals surface area contributed by atoms with Crippen LogP contribution >= 0.6 is 11.6 Å². The largest absolute Gasteiger partial charge is 0.383 e. The van der Waals surface area contributed by atoms with Gasteiger partial charge in [-0.25, -0.2) is 4.68 Å². The van der Waals surface area contributed by atoms with Gasteiger partial charge in [0, 0.05) is 28.8 Å². The molecule has 37 heavy (non-hydrogen) atoms. The van der Waals surface area contributed by atoms with Gasteiger partial charge in [-0.3, -0.25) is 4.98 Å². The number of nitrogens with zero attached hydrogens (tertiary/aromatic N) is 6. The van der Waals surface area contributed by atoms with Gasteiger partial charge in [0.15, 0.2) is 0 Å². The van der Waals surface area contributed by atoms with Crippen molar-refractivity contribution in [2.75, 3.05) is 17.2 Å². The number of pyridine rings is 1. The Hall–Kier alpha value is -4.14. The Bertz CT molecular complexity index is 1610. The van der Waals surface area contributed by atoms with Crippen LogP contribution in [0.5, 0.6) is 0 Å². The Labute approximate surface area is 222 Å². The third-order valence-electron chi connectivity index (χ3n) is 6.11. The summed E-state index contributed by atoms with van der Waals surface area (Å²) in [7, 11) is 0. The van der Waals surface area contributed by atoms with Crippen LogP contribution in [-0.2, 0) is 0 Å². The van der Waals surface area contributed by atoms with Gasteiger partial charge in [-0.1, -0.05) is 55.8 Å². The van der Waals surface area contributed by atoms with Crippen molar-refractivity contribution in [2.24, 2.45) is 5.41 Å². The van der Waals surface area contributed by atoms with Crippen molar-refractivity contribution < 1.29 is 1.37 Å².